The molecule has 0 fully saturated rings. The van der Waals surface area contributed by atoms with Gasteiger partial charge >= 0.3 is 0 Å². The molecule has 1 aromatic heterocycles. The fourth-order valence-corrected chi connectivity index (χ4v) is 3.48. The highest BCUT2D eigenvalue weighted by molar-refractivity contribution is 7.14. The molecule has 0 radical (unpaired) electrons. The standard InChI is InChI=1S/C14H21NO2S/c16-9-5-1-4-8-15-14(17)13-10-11-6-2-3-7-12(11)18-13/h10,16H,1-9H2,(H,15,17). The van der Waals surface area contributed by atoms with Crippen molar-refractivity contribution < 1.29 is 9.90 Å². The van der Waals surface area contributed by atoms with Crippen LogP contribution in [-0.4, -0.2) is 24.2 Å². The van der Waals surface area contributed by atoms with Gasteiger partial charge in [-0.2, -0.15) is 0 Å². The Kier molecular flexibility index (Phi) is 5.20. The summed E-state index contributed by atoms with van der Waals surface area (Å²) in [7, 11) is 0. The first-order chi connectivity index (χ1) is 8.81. The summed E-state index contributed by atoms with van der Waals surface area (Å²) in [4.78, 5) is 14.2. The Hall–Kier alpha value is -0.870. The quantitative estimate of drug-likeness (QED) is 0.778. The second-order valence-electron chi connectivity index (χ2n) is 4.81. The Morgan fingerprint density at radius 1 is 1.28 bits per heavy atom. The van der Waals surface area contributed by atoms with Gasteiger partial charge in [-0.25, -0.2) is 0 Å². The third kappa shape index (κ3) is 3.56. The molecule has 2 rings (SSSR count). The number of carbonyl (C=O) groups excluding carboxylic acids is 1. The summed E-state index contributed by atoms with van der Waals surface area (Å²) in [6, 6.07) is 2.07. The van der Waals surface area contributed by atoms with Gasteiger partial charge in [-0.15, -0.1) is 11.3 Å². The molecule has 0 aromatic carbocycles. The Labute approximate surface area is 112 Å². The third-order valence-electron chi connectivity index (χ3n) is 3.34. The first-order valence-corrected chi connectivity index (χ1v) is 7.63. The predicted molar refractivity (Wildman–Crippen MR) is 74.2 cm³/mol. The summed E-state index contributed by atoms with van der Waals surface area (Å²) in [5.74, 6) is 0.0680. The zero-order valence-corrected chi connectivity index (χ0v) is 11.5. The van der Waals surface area contributed by atoms with Crippen LogP contribution in [0.3, 0.4) is 0 Å². The monoisotopic (exact) mass is 267 g/mol. The van der Waals surface area contributed by atoms with Crippen LogP contribution in [0.4, 0.5) is 0 Å². The number of fused-ring (bicyclic) bond motifs is 1. The average molecular weight is 267 g/mol. The Morgan fingerprint density at radius 3 is 2.89 bits per heavy atom. The molecule has 0 atom stereocenters. The lowest BCUT2D eigenvalue weighted by atomic mass is 9.99. The third-order valence-corrected chi connectivity index (χ3v) is 4.58. The molecular formula is C14H21NO2S. The molecule has 1 aromatic rings. The number of rotatable bonds is 6. The maximum atomic E-state index is 11.9. The number of hydrogen-bond donors (Lipinski definition) is 2. The highest BCUT2D eigenvalue weighted by Crippen LogP contribution is 2.29. The van der Waals surface area contributed by atoms with Crippen LogP contribution in [0.1, 0.15) is 52.2 Å². The highest BCUT2D eigenvalue weighted by Gasteiger charge is 2.16. The number of unbranched alkanes of at least 4 members (excludes halogenated alkanes) is 2. The predicted octanol–water partition coefficient (Wildman–Crippen LogP) is 2.52. The fourth-order valence-electron chi connectivity index (χ4n) is 2.31. The Balaban J connectivity index is 1.80. The van der Waals surface area contributed by atoms with Crippen LogP contribution < -0.4 is 5.32 Å². The largest absolute Gasteiger partial charge is 0.396 e. The van der Waals surface area contributed by atoms with Crippen molar-refractivity contribution in [3.8, 4) is 0 Å². The van der Waals surface area contributed by atoms with E-state index in [0.29, 0.717) is 6.54 Å². The van der Waals surface area contributed by atoms with Gasteiger partial charge in [0.2, 0.25) is 0 Å². The Morgan fingerprint density at radius 2 is 2.11 bits per heavy atom. The van der Waals surface area contributed by atoms with Gasteiger partial charge in [-0.1, -0.05) is 0 Å². The van der Waals surface area contributed by atoms with Crippen LogP contribution in [0.15, 0.2) is 6.07 Å². The van der Waals surface area contributed by atoms with E-state index in [1.807, 2.05) is 0 Å². The lowest BCUT2D eigenvalue weighted by molar-refractivity contribution is 0.0957. The minimum atomic E-state index is 0.0680. The number of aliphatic hydroxyl groups is 1. The number of thiophene rings is 1. The first kappa shape index (κ1) is 13.6. The van der Waals surface area contributed by atoms with Crippen molar-refractivity contribution in [1.82, 2.24) is 5.32 Å². The molecule has 0 unspecified atom stereocenters. The number of aryl methyl sites for hydroxylation is 2. The van der Waals surface area contributed by atoms with Crippen LogP contribution in [-0.2, 0) is 12.8 Å². The van der Waals surface area contributed by atoms with Crippen LogP contribution in [0.5, 0.6) is 0 Å². The number of carbonyl (C=O) groups is 1. The van der Waals surface area contributed by atoms with E-state index >= 15 is 0 Å². The fraction of sp³-hybridized carbons (Fsp3) is 0.643. The zero-order chi connectivity index (χ0) is 12.8. The summed E-state index contributed by atoms with van der Waals surface area (Å²) in [5, 5.41) is 11.6. The average Bonchev–Trinajstić information content (AvgIpc) is 2.82. The molecule has 1 aliphatic rings. The molecule has 0 bridgehead atoms. The maximum absolute atomic E-state index is 11.9. The summed E-state index contributed by atoms with van der Waals surface area (Å²) in [5.41, 5.74) is 1.39. The first-order valence-electron chi connectivity index (χ1n) is 6.82. The van der Waals surface area contributed by atoms with Crippen LogP contribution in [0.25, 0.3) is 0 Å². The highest BCUT2D eigenvalue weighted by atomic mass is 32.1. The van der Waals surface area contributed by atoms with E-state index in [1.54, 1.807) is 11.3 Å². The molecule has 100 valence electrons. The molecule has 0 saturated carbocycles. The number of amides is 1. The van der Waals surface area contributed by atoms with Gasteiger partial charge in [0.1, 0.15) is 0 Å². The molecule has 3 nitrogen and oxygen atoms in total. The van der Waals surface area contributed by atoms with Crippen molar-refractivity contribution in [2.45, 2.75) is 44.9 Å². The van der Waals surface area contributed by atoms with E-state index in [0.717, 1.165) is 37.0 Å². The summed E-state index contributed by atoms with van der Waals surface area (Å²) < 4.78 is 0. The molecule has 1 aliphatic carbocycles. The number of hydrogen-bond acceptors (Lipinski definition) is 3. The van der Waals surface area contributed by atoms with Crippen LogP contribution in [0.2, 0.25) is 0 Å². The van der Waals surface area contributed by atoms with E-state index in [4.69, 9.17) is 5.11 Å². The molecule has 1 amide bonds. The van der Waals surface area contributed by atoms with Crippen molar-refractivity contribution in [2.24, 2.45) is 0 Å². The molecular weight excluding hydrogens is 246 g/mol. The second kappa shape index (κ2) is 6.90. The van der Waals surface area contributed by atoms with Crippen molar-refractivity contribution in [3.63, 3.8) is 0 Å². The van der Waals surface area contributed by atoms with Crippen molar-refractivity contribution in [1.29, 1.82) is 0 Å². The van der Waals surface area contributed by atoms with E-state index in [2.05, 4.69) is 11.4 Å². The van der Waals surface area contributed by atoms with Crippen molar-refractivity contribution in [2.75, 3.05) is 13.2 Å². The SMILES string of the molecule is O=C(NCCCCCO)c1cc2c(s1)CCCC2. The minimum Gasteiger partial charge on any atom is -0.396 e. The van der Waals surface area contributed by atoms with Crippen molar-refractivity contribution >= 4 is 17.2 Å². The van der Waals surface area contributed by atoms with Gasteiger partial charge in [0.25, 0.3) is 5.91 Å². The molecule has 1 heterocycles. The minimum absolute atomic E-state index is 0.0680. The molecule has 2 N–H and O–H groups in total. The van der Waals surface area contributed by atoms with Crippen molar-refractivity contribution in [3.05, 3.63) is 21.4 Å². The summed E-state index contributed by atoms with van der Waals surface area (Å²) in [6.45, 7) is 0.951. The van der Waals surface area contributed by atoms with E-state index in [1.165, 1.54) is 23.3 Å². The topological polar surface area (TPSA) is 49.3 Å². The molecule has 0 spiro atoms. The van der Waals surface area contributed by atoms with Gasteiger partial charge in [-0.3, -0.25) is 4.79 Å². The van der Waals surface area contributed by atoms with Crippen LogP contribution >= 0.6 is 11.3 Å². The van der Waals surface area contributed by atoms with E-state index < -0.39 is 0 Å². The summed E-state index contributed by atoms with van der Waals surface area (Å²) in [6.07, 6.45) is 7.53. The van der Waals surface area contributed by atoms with Gasteiger partial charge in [0, 0.05) is 18.0 Å². The molecule has 4 heteroatoms. The van der Waals surface area contributed by atoms with Gasteiger partial charge in [0.05, 0.1) is 4.88 Å². The van der Waals surface area contributed by atoms with Crippen LogP contribution in [0, 0.1) is 0 Å². The van der Waals surface area contributed by atoms with Gasteiger partial charge in [-0.05, 0) is 56.6 Å². The van der Waals surface area contributed by atoms with Gasteiger partial charge < -0.3 is 10.4 Å². The molecule has 0 saturated heterocycles. The summed E-state index contributed by atoms with van der Waals surface area (Å²) >= 11 is 1.66. The Bertz CT molecular complexity index is 377. The van der Waals surface area contributed by atoms with E-state index in [9.17, 15) is 4.79 Å². The van der Waals surface area contributed by atoms with Gasteiger partial charge in [0.15, 0.2) is 0 Å². The number of aliphatic hydroxyl groups excluding tert-OH is 1. The zero-order valence-electron chi connectivity index (χ0n) is 10.7. The second-order valence-corrected chi connectivity index (χ2v) is 5.94. The molecule has 0 aliphatic heterocycles. The van der Waals surface area contributed by atoms with E-state index in [-0.39, 0.29) is 12.5 Å². The smallest absolute Gasteiger partial charge is 0.261 e. The normalized spacial score (nSPS) is 14.3. The lowest BCUT2D eigenvalue weighted by Crippen LogP contribution is -2.23. The molecule has 18 heavy (non-hydrogen) atoms. The number of nitrogens with one attached hydrogen (secondary N) is 1. The lowest BCUT2D eigenvalue weighted by Gasteiger charge is -2.08. The maximum Gasteiger partial charge on any atom is 0.261 e.